The van der Waals surface area contributed by atoms with E-state index in [0.717, 1.165) is 0 Å². The summed E-state index contributed by atoms with van der Waals surface area (Å²) >= 11 is 0. The zero-order valence-corrected chi connectivity index (χ0v) is 13.4. The Kier molecular flexibility index (Phi) is 4.65. The topological polar surface area (TPSA) is 70.3 Å². The highest BCUT2D eigenvalue weighted by molar-refractivity contribution is 6.12. The molecule has 0 fully saturated rings. The zero-order valence-electron chi connectivity index (χ0n) is 13.4. The molecule has 0 saturated carbocycles. The van der Waals surface area contributed by atoms with Gasteiger partial charge in [0.15, 0.2) is 17.2 Å². The Morgan fingerprint density at radius 1 is 1.12 bits per heavy atom. The maximum Gasteiger partial charge on any atom is 0.363 e. The van der Waals surface area contributed by atoms with Crippen LogP contribution in [0.15, 0.2) is 51.7 Å². The maximum atomic E-state index is 12.0. The predicted octanol–water partition coefficient (Wildman–Crippen LogP) is 3.42. The van der Waals surface area contributed by atoms with E-state index < -0.39 is 5.97 Å². The fraction of sp³-hybridized carbons (Fsp3) is 0.222. The Morgan fingerprint density at radius 2 is 1.92 bits per heavy atom. The van der Waals surface area contributed by atoms with Gasteiger partial charge < -0.3 is 18.6 Å². The van der Waals surface area contributed by atoms with Crippen LogP contribution >= 0.6 is 0 Å². The molecular formula is C18H17NO5. The summed E-state index contributed by atoms with van der Waals surface area (Å²) in [5, 5.41) is 0. The molecule has 2 aromatic rings. The van der Waals surface area contributed by atoms with Crippen LogP contribution in [-0.2, 0) is 9.53 Å². The minimum absolute atomic E-state index is 0.187. The fourth-order valence-electron chi connectivity index (χ4n) is 2.22. The number of rotatable bonds is 6. The third-order valence-electron chi connectivity index (χ3n) is 3.23. The smallest absolute Gasteiger partial charge is 0.363 e. The summed E-state index contributed by atoms with van der Waals surface area (Å²) in [6.07, 6.45) is 3.06. The molecule has 0 radical (unpaired) electrons. The molecule has 1 aliphatic rings. The lowest BCUT2D eigenvalue weighted by atomic mass is 10.2. The maximum absolute atomic E-state index is 12.0. The quantitative estimate of drug-likeness (QED) is 0.600. The minimum atomic E-state index is -0.520. The van der Waals surface area contributed by atoms with Crippen molar-refractivity contribution in [3.8, 4) is 11.5 Å². The molecule has 1 aliphatic heterocycles. The van der Waals surface area contributed by atoms with Crippen molar-refractivity contribution in [2.24, 2.45) is 4.99 Å². The highest BCUT2D eigenvalue weighted by Crippen LogP contribution is 2.30. The summed E-state index contributed by atoms with van der Waals surface area (Å²) in [6, 6.07) is 8.76. The van der Waals surface area contributed by atoms with Crippen LogP contribution in [0.2, 0.25) is 0 Å². The first-order valence-electron chi connectivity index (χ1n) is 7.67. The molecule has 24 heavy (non-hydrogen) atoms. The summed E-state index contributed by atoms with van der Waals surface area (Å²) < 4.78 is 21.5. The molecule has 0 unspecified atom stereocenters. The van der Waals surface area contributed by atoms with Crippen LogP contribution in [0.5, 0.6) is 11.5 Å². The Labute approximate surface area is 139 Å². The van der Waals surface area contributed by atoms with Gasteiger partial charge >= 0.3 is 5.97 Å². The van der Waals surface area contributed by atoms with Gasteiger partial charge in [-0.3, -0.25) is 0 Å². The van der Waals surface area contributed by atoms with Gasteiger partial charge in [0, 0.05) is 11.6 Å². The summed E-state index contributed by atoms with van der Waals surface area (Å²) in [7, 11) is 0. The van der Waals surface area contributed by atoms with Gasteiger partial charge in [0.2, 0.25) is 5.90 Å². The van der Waals surface area contributed by atoms with Gasteiger partial charge in [-0.15, -0.1) is 0 Å². The molecular weight excluding hydrogens is 310 g/mol. The molecule has 0 spiro atoms. The molecule has 0 N–H and O–H groups in total. The third kappa shape index (κ3) is 3.32. The number of esters is 1. The van der Waals surface area contributed by atoms with E-state index >= 15 is 0 Å². The lowest BCUT2D eigenvalue weighted by Crippen LogP contribution is -2.06. The second-order valence-electron chi connectivity index (χ2n) is 4.88. The van der Waals surface area contributed by atoms with Crippen molar-refractivity contribution in [2.45, 2.75) is 13.8 Å². The number of ether oxygens (including phenoxy) is 3. The normalized spacial score (nSPS) is 15.3. The van der Waals surface area contributed by atoms with E-state index in [1.54, 1.807) is 30.3 Å². The first-order valence-corrected chi connectivity index (χ1v) is 7.67. The average molecular weight is 327 g/mol. The molecule has 6 nitrogen and oxygen atoms in total. The average Bonchev–Trinajstić information content (AvgIpc) is 3.20. The molecule has 1 aromatic carbocycles. The van der Waals surface area contributed by atoms with Gasteiger partial charge in [0.1, 0.15) is 5.76 Å². The zero-order chi connectivity index (χ0) is 16.9. The largest absolute Gasteiger partial charge is 0.490 e. The fourth-order valence-corrected chi connectivity index (χ4v) is 2.22. The number of aliphatic imine (C=N–C) groups is 1. The van der Waals surface area contributed by atoms with Gasteiger partial charge in [0.25, 0.3) is 0 Å². The number of benzene rings is 1. The summed E-state index contributed by atoms with van der Waals surface area (Å²) in [5.74, 6) is 1.46. The molecule has 124 valence electrons. The summed E-state index contributed by atoms with van der Waals surface area (Å²) in [6.45, 7) is 4.82. The van der Waals surface area contributed by atoms with E-state index in [1.807, 2.05) is 13.8 Å². The molecule has 3 rings (SSSR count). The number of cyclic esters (lactones) is 1. The van der Waals surface area contributed by atoms with Crippen LogP contribution in [0.1, 0.15) is 25.2 Å². The van der Waals surface area contributed by atoms with Crippen LogP contribution in [-0.4, -0.2) is 25.1 Å². The molecule has 0 atom stereocenters. The van der Waals surface area contributed by atoms with Crippen LogP contribution < -0.4 is 9.47 Å². The van der Waals surface area contributed by atoms with E-state index in [9.17, 15) is 4.79 Å². The third-order valence-corrected chi connectivity index (χ3v) is 3.23. The molecule has 0 saturated heterocycles. The van der Waals surface area contributed by atoms with Crippen molar-refractivity contribution in [3.63, 3.8) is 0 Å². The van der Waals surface area contributed by atoms with E-state index in [2.05, 4.69) is 4.99 Å². The van der Waals surface area contributed by atoms with Crippen LogP contribution in [0.4, 0.5) is 0 Å². The van der Waals surface area contributed by atoms with Gasteiger partial charge in [0.05, 0.1) is 19.5 Å². The van der Waals surface area contributed by atoms with E-state index in [0.29, 0.717) is 36.0 Å². The summed E-state index contributed by atoms with van der Waals surface area (Å²) in [5.41, 5.74) is 0.824. The highest BCUT2D eigenvalue weighted by atomic mass is 16.6. The van der Waals surface area contributed by atoms with Gasteiger partial charge in [-0.05, 0) is 44.2 Å². The van der Waals surface area contributed by atoms with Crippen LogP contribution in [0, 0.1) is 0 Å². The highest BCUT2D eigenvalue weighted by Gasteiger charge is 2.25. The van der Waals surface area contributed by atoms with Crippen molar-refractivity contribution < 1.29 is 23.4 Å². The second-order valence-corrected chi connectivity index (χ2v) is 4.88. The number of carbonyl (C=O) groups excluding carboxylic acids is 1. The van der Waals surface area contributed by atoms with E-state index in [4.69, 9.17) is 18.6 Å². The monoisotopic (exact) mass is 327 g/mol. The van der Waals surface area contributed by atoms with Crippen LogP contribution in [0.25, 0.3) is 6.08 Å². The van der Waals surface area contributed by atoms with E-state index in [1.165, 1.54) is 12.3 Å². The second kappa shape index (κ2) is 7.04. The first kappa shape index (κ1) is 15.9. The molecule has 0 bridgehead atoms. The molecule has 0 amide bonds. The number of nitrogens with zero attached hydrogens (tertiary/aromatic N) is 1. The number of furan rings is 1. The molecule has 2 heterocycles. The summed E-state index contributed by atoms with van der Waals surface area (Å²) in [4.78, 5) is 16.2. The minimum Gasteiger partial charge on any atom is -0.490 e. The number of hydrogen-bond donors (Lipinski definition) is 0. The Morgan fingerprint density at radius 3 is 2.62 bits per heavy atom. The standard InChI is InChI=1S/C18H17NO5/c1-3-21-15-8-7-12(10-16(15)22-4-2)17-19-14(18(20)24-17)11-13-6-5-9-23-13/h5-11H,3-4H2,1-2H3/b14-11-. The van der Waals surface area contributed by atoms with Crippen molar-refractivity contribution in [2.75, 3.05) is 13.2 Å². The van der Waals surface area contributed by atoms with Crippen molar-refractivity contribution in [1.29, 1.82) is 0 Å². The number of carbonyl (C=O) groups is 1. The van der Waals surface area contributed by atoms with Crippen molar-refractivity contribution in [1.82, 2.24) is 0 Å². The lowest BCUT2D eigenvalue weighted by molar-refractivity contribution is -0.129. The Hall–Kier alpha value is -3.02. The van der Waals surface area contributed by atoms with Gasteiger partial charge in [-0.1, -0.05) is 0 Å². The molecule has 0 aliphatic carbocycles. The van der Waals surface area contributed by atoms with Crippen molar-refractivity contribution in [3.05, 3.63) is 53.6 Å². The number of hydrogen-bond acceptors (Lipinski definition) is 6. The Balaban J connectivity index is 1.91. The SMILES string of the molecule is CCOc1ccc(C2=N/C(=C\c3ccco3)C(=O)O2)cc1OCC. The van der Waals surface area contributed by atoms with Gasteiger partial charge in [-0.25, -0.2) is 9.79 Å². The van der Waals surface area contributed by atoms with E-state index in [-0.39, 0.29) is 11.6 Å². The molecule has 1 aromatic heterocycles. The first-order chi connectivity index (χ1) is 11.7. The molecule has 6 heteroatoms. The lowest BCUT2D eigenvalue weighted by Gasteiger charge is -2.11. The Bertz CT molecular complexity index is 790. The van der Waals surface area contributed by atoms with Gasteiger partial charge in [-0.2, -0.15) is 0 Å². The van der Waals surface area contributed by atoms with Crippen LogP contribution in [0.3, 0.4) is 0 Å². The predicted molar refractivity (Wildman–Crippen MR) is 88.1 cm³/mol. The van der Waals surface area contributed by atoms with Crippen molar-refractivity contribution >= 4 is 17.9 Å².